The molecule has 0 spiro atoms. The van der Waals surface area contributed by atoms with Gasteiger partial charge in [-0.05, 0) is 49.3 Å². The van der Waals surface area contributed by atoms with Crippen molar-refractivity contribution in [2.75, 3.05) is 12.0 Å². The van der Waals surface area contributed by atoms with Crippen LogP contribution in [0.4, 0.5) is 0 Å². The topological polar surface area (TPSA) is 187 Å². The molecule has 5 atom stereocenters. The molecule has 0 fully saturated rings. The molecular formula is C26H39N5O6S. The maximum atomic E-state index is 13.5. The molecule has 3 amide bonds. The van der Waals surface area contributed by atoms with E-state index in [0.717, 1.165) is 16.5 Å². The number of thioether (sulfide) groups is 1. The largest absolute Gasteiger partial charge is 0.480 e. The van der Waals surface area contributed by atoms with Crippen molar-refractivity contribution >= 4 is 46.4 Å². The van der Waals surface area contributed by atoms with Crippen LogP contribution < -0.4 is 21.7 Å². The first kappa shape index (κ1) is 31.1. The first-order chi connectivity index (χ1) is 17.9. The van der Waals surface area contributed by atoms with Gasteiger partial charge in [0.15, 0.2) is 0 Å². The summed E-state index contributed by atoms with van der Waals surface area (Å²) in [4.78, 5) is 54.0. The number of nitrogens with two attached hydrogens (primary N) is 1. The maximum Gasteiger partial charge on any atom is 0.326 e. The Bertz CT molecular complexity index is 1100. The number of fused-ring (bicyclic) bond motifs is 1. The average molecular weight is 550 g/mol. The number of aromatic amines is 1. The van der Waals surface area contributed by atoms with Crippen LogP contribution in [0.15, 0.2) is 30.5 Å². The summed E-state index contributed by atoms with van der Waals surface area (Å²) in [5.74, 6) is -2.56. The number of carboxylic acids is 1. The molecule has 11 nitrogen and oxygen atoms in total. The smallest absolute Gasteiger partial charge is 0.326 e. The molecule has 0 radical (unpaired) electrons. The van der Waals surface area contributed by atoms with Crippen LogP contribution in [0.25, 0.3) is 10.9 Å². The van der Waals surface area contributed by atoms with E-state index in [0.29, 0.717) is 5.75 Å². The molecule has 0 aliphatic heterocycles. The number of aliphatic hydroxyl groups is 1. The molecule has 5 unspecified atom stereocenters. The molecule has 0 saturated heterocycles. The Labute approximate surface area is 226 Å². The van der Waals surface area contributed by atoms with Gasteiger partial charge in [0.1, 0.15) is 24.2 Å². The minimum absolute atomic E-state index is 0.00541. The fourth-order valence-corrected chi connectivity index (χ4v) is 4.43. The molecule has 0 aliphatic carbocycles. The van der Waals surface area contributed by atoms with Crippen molar-refractivity contribution in [3.05, 3.63) is 36.0 Å². The Kier molecular flexibility index (Phi) is 12.1. The van der Waals surface area contributed by atoms with Crippen molar-refractivity contribution < 1.29 is 29.4 Å². The van der Waals surface area contributed by atoms with E-state index in [9.17, 15) is 29.4 Å². The van der Waals surface area contributed by atoms with Crippen LogP contribution in [-0.2, 0) is 25.6 Å². The highest BCUT2D eigenvalue weighted by molar-refractivity contribution is 7.98. The van der Waals surface area contributed by atoms with E-state index in [1.807, 2.05) is 44.4 Å². The van der Waals surface area contributed by atoms with Gasteiger partial charge in [0, 0.05) is 23.5 Å². The minimum atomic E-state index is -1.25. The second-order valence-electron chi connectivity index (χ2n) is 9.76. The molecule has 2 rings (SSSR count). The number of amides is 3. The predicted molar refractivity (Wildman–Crippen MR) is 148 cm³/mol. The van der Waals surface area contributed by atoms with Crippen LogP contribution in [0.3, 0.4) is 0 Å². The number of hydrogen-bond acceptors (Lipinski definition) is 7. The number of para-hydroxylation sites is 1. The summed E-state index contributed by atoms with van der Waals surface area (Å²) in [6.45, 7) is 5.13. The van der Waals surface area contributed by atoms with Gasteiger partial charge in [-0.2, -0.15) is 11.8 Å². The number of hydrogen-bond donors (Lipinski definition) is 7. The van der Waals surface area contributed by atoms with Crippen molar-refractivity contribution in [2.45, 2.75) is 70.3 Å². The summed E-state index contributed by atoms with van der Waals surface area (Å²) in [7, 11) is 0. The second kappa shape index (κ2) is 14.7. The zero-order valence-electron chi connectivity index (χ0n) is 22.2. The Morgan fingerprint density at radius 3 is 2.18 bits per heavy atom. The molecular weight excluding hydrogens is 510 g/mol. The predicted octanol–water partition coefficient (Wildman–Crippen LogP) is 0.757. The van der Waals surface area contributed by atoms with E-state index >= 15 is 0 Å². The molecule has 0 bridgehead atoms. The molecule has 12 heteroatoms. The number of rotatable bonds is 15. The second-order valence-corrected chi connectivity index (χ2v) is 10.7. The van der Waals surface area contributed by atoms with Crippen molar-refractivity contribution in [2.24, 2.45) is 11.7 Å². The number of nitrogens with one attached hydrogen (secondary N) is 4. The monoisotopic (exact) mass is 549 g/mol. The first-order valence-electron chi connectivity index (χ1n) is 12.6. The third-order valence-corrected chi connectivity index (χ3v) is 6.76. The number of aliphatic hydroxyl groups excluding tert-OH is 1. The number of benzene rings is 1. The number of carbonyl (C=O) groups is 4. The molecule has 38 heavy (non-hydrogen) atoms. The number of aromatic nitrogens is 1. The van der Waals surface area contributed by atoms with Gasteiger partial charge in [-0.25, -0.2) is 4.79 Å². The average Bonchev–Trinajstić information content (AvgIpc) is 3.27. The lowest BCUT2D eigenvalue weighted by atomic mass is 10.00. The summed E-state index contributed by atoms with van der Waals surface area (Å²) in [6.07, 6.45) is 3.03. The number of carbonyl (C=O) groups excluding carboxylic acids is 3. The molecule has 0 saturated carbocycles. The lowest BCUT2D eigenvalue weighted by Crippen LogP contribution is -2.58. The number of carboxylic acid groups (broad SMARTS) is 1. The fraction of sp³-hybridized carbons (Fsp3) is 0.538. The van der Waals surface area contributed by atoms with Crippen LogP contribution in [0, 0.1) is 5.92 Å². The van der Waals surface area contributed by atoms with Gasteiger partial charge >= 0.3 is 5.97 Å². The van der Waals surface area contributed by atoms with Crippen LogP contribution in [-0.4, -0.2) is 81.2 Å². The number of H-pyrrole nitrogens is 1. The van der Waals surface area contributed by atoms with Gasteiger partial charge in [-0.3, -0.25) is 14.4 Å². The van der Waals surface area contributed by atoms with Crippen LogP contribution in [0.1, 0.15) is 39.2 Å². The van der Waals surface area contributed by atoms with Crippen LogP contribution in [0.5, 0.6) is 0 Å². The molecule has 210 valence electrons. The van der Waals surface area contributed by atoms with Gasteiger partial charge < -0.3 is 36.9 Å². The van der Waals surface area contributed by atoms with Crippen LogP contribution >= 0.6 is 11.8 Å². The Balaban J connectivity index is 2.29. The highest BCUT2D eigenvalue weighted by atomic mass is 32.2. The van der Waals surface area contributed by atoms with E-state index in [1.54, 1.807) is 6.20 Å². The molecule has 1 heterocycles. The maximum absolute atomic E-state index is 13.5. The first-order valence-corrected chi connectivity index (χ1v) is 13.9. The summed E-state index contributed by atoms with van der Waals surface area (Å²) in [6, 6.07) is 3.02. The fourth-order valence-electron chi connectivity index (χ4n) is 3.96. The molecule has 0 aliphatic rings. The van der Waals surface area contributed by atoms with E-state index in [1.165, 1.54) is 18.7 Å². The summed E-state index contributed by atoms with van der Waals surface area (Å²) >= 11 is 1.47. The lowest BCUT2D eigenvalue weighted by molar-refractivity contribution is -0.142. The standard InChI is InChI=1S/C26H39N5O6S/c1-14(2)11-20(23(33)29-19(26(36)37)9-10-38-4)30-24(34)21(31-25(35)22(27)15(3)32)12-16-13-28-18-8-6-5-7-17(16)18/h5-8,13-15,19-22,28,32H,9-12,27H2,1-4H3,(H,29,33)(H,30,34)(H,31,35)(H,36,37). The van der Waals surface area contributed by atoms with E-state index in [2.05, 4.69) is 20.9 Å². The van der Waals surface area contributed by atoms with E-state index in [-0.39, 0.29) is 25.2 Å². The van der Waals surface area contributed by atoms with Gasteiger partial charge in [0.25, 0.3) is 0 Å². The van der Waals surface area contributed by atoms with Crippen molar-refractivity contribution in [1.29, 1.82) is 0 Å². The highest BCUT2D eigenvalue weighted by Gasteiger charge is 2.31. The summed E-state index contributed by atoms with van der Waals surface area (Å²) in [5.41, 5.74) is 7.41. The normalized spacial score (nSPS) is 15.3. The summed E-state index contributed by atoms with van der Waals surface area (Å²) in [5, 5.41) is 28.0. The molecule has 1 aromatic carbocycles. The van der Waals surface area contributed by atoms with Gasteiger partial charge in [-0.15, -0.1) is 0 Å². The highest BCUT2D eigenvalue weighted by Crippen LogP contribution is 2.19. The van der Waals surface area contributed by atoms with Crippen LogP contribution in [0.2, 0.25) is 0 Å². The van der Waals surface area contributed by atoms with Gasteiger partial charge in [-0.1, -0.05) is 32.0 Å². The minimum Gasteiger partial charge on any atom is -0.480 e. The van der Waals surface area contributed by atoms with Gasteiger partial charge in [0.05, 0.1) is 6.10 Å². The lowest BCUT2D eigenvalue weighted by Gasteiger charge is -2.26. The Hall–Kier alpha value is -3.09. The molecule has 8 N–H and O–H groups in total. The van der Waals surface area contributed by atoms with E-state index < -0.39 is 54.0 Å². The SMILES string of the molecule is CSCCC(NC(=O)C(CC(C)C)NC(=O)C(Cc1c[nH]c2ccccc12)NC(=O)C(N)C(C)O)C(=O)O. The number of aliphatic carboxylic acids is 1. The van der Waals surface area contributed by atoms with E-state index in [4.69, 9.17) is 5.73 Å². The quantitative estimate of drug-likeness (QED) is 0.170. The van der Waals surface area contributed by atoms with Gasteiger partial charge in [0.2, 0.25) is 17.7 Å². The zero-order valence-corrected chi connectivity index (χ0v) is 23.0. The summed E-state index contributed by atoms with van der Waals surface area (Å²) < 4.78 is 0. The Morgan fingerprint density at radius 1 is 0.974 bits per heavy atom. The van der Waals surface area contributed by atoms with Crippen molar-refractivity contribution in [1.82, 2.24) is 20.9 Å². The molecule has 1 aromatic heterocycles. The Morgan fingerprint density at radius 2 is 1.58 bits per heavy atom. The van der Waals surface area contributed by atoms with Crippen molar-refractivity contribution in [3.8, 4) is 0 Å². The zero-order chi connectivity index (χ0) is 28.4. The van der Waals surface area contributed by atoms with Crippen molar-refractivity contribution in [3.63, 3.8) is 0 Å². The third kappa shape index (κ3) is 9.03. The third-order valence-electron chi connectivity index (χ3n) is 6.12. The molecule has 2 aromatic rings.